The smallest absolute Gasteiger partial charge is 0.216 e. The molecule has 4 nitrogen and oxygen atoms in total. The molecule has 0 aromatic carbocycles. The zero-order chi connectivity index (χ0) is 9.14. The molecule has 2 N–H and O–H groups in total. The van der Waals surface area contributed by atoms with Crippen molar-refractivity contribution in [2.24, 2.45) is 15.8 Å². The van der Waals surface area contributed by atoms with Crippen molar-refractivity contribution in [2.75, 3.05) is 7.05 Å². The van der Waals surface area contributed by atoms with Crippen LogP contribution in [0.1, 0.15) is 6.92 Å². The molecule has 0 spiro atoms. The van der Waals surface area contributed by atoms with Gasteiger partial charge in [0.15, 0.2) is 0 Å². The highest BCUT2D eigenvalue weighted by Gasteiger charge is 2.10. The van der Waals surface area contributed by atoms with Crippen LogP contribution in [0.3, 0.4) is 0 Å². The van der Waals surface area contributed by atoms with E-state index in [9.17, 15) is 0 Å². The van der Waals surface area contributed by atoms with E-state index in [1.54, 1.807) is 13.3 Å². The molecule has 0 fully saturated rings. The molecular weight excluding hydrogens is 152 g/mol. The molecule has 4 heteroatoms. The van der Waals surface area contributed by atoms with E-state index in [1.807, 2.05) is 13.0 Å². The lowest BCUT2D eigenvalue weighted by molar-refractivity contribution is 0.559. The van der Waals surface area contributed by atoms with Crippen LogP contribution in [-0.2, 0) is 0 Å². The number of guanidine groups is 1. The van der Waals surface area contributed by atoms with Gasteiger partial charge in [-0.25, -0.2) is 5.01 Å². The van der Waals surface area contributed by atoms with Crippen LogP contribution in [-0.4, -0.2) is 24.2 Å². The van der Waals surface area contributed by atoms with Crippen molar-refractivity contribution in [3.63, 3.8) is 0 Å². The lowest BCUT2D eigenvalue weighted by atomic mass is 10.2. The highest BCUT2D eigenvalue weighted by Crippen LogP contribution is 2.11. The van der Waals surface area contributed by atoms with Crippen LogP contribution >= 0.6 is 0 Å². The van der Waals surface area contributed by atoms with Crippen LogP contribution in [0.15, 0.2) is 34.0 Å². The molecule has 1 heterocycles. The first-order valence-electron chi connectivity index (χ1n) is 3.58. The molecule has 0 saturated carbocycles. The maximum absolute atomic E-state index is 5.56. The zero-order valence-electron chi connectivity index (χ0n) is 7.28. The van der Waals surface area contributed by atoms with Crippen molar-refractivity contribution in [3.05, 3.63) is 23.9 Å². The van der Waals surface area contributed by atoms with E-state index in [-0.39, 0.29) is 0 Å². The third kappa shape index (κ3) is 1.53. The van der Waals surface area contributed by atoms with E-state index in [0.717, 1.165) is 11.3 Å². The summed E-state index contributed by atoms with van der Waals surface area (Å²) in [4.78, 5) is 3.80. The Balaban J connectivity index is 2.87. The van der Waals surface area contributed by atoms with Crippen molar-refractivity contribution in [1.29, 1.82) is 0 Å². The Hall–Kier alpha value is -1.58. The average Bonchev–Trinajstić information content (AvgIpc) is 2.03. The lowest BCUT2D eigenvalue weighted by Crippen LogP contribution is -2.33. The molecular formula is C8H12N4. The van der Waals surface area contributed by atoms with Crippen LogP contribution in [0.5, 0.6) is 0 Å². The lowest BCUT2D eigenvalue weighted by Gasteiger charge is -2.20. The first-order valence-corrected chi connectivity index (χ1v) is 3.58. The van der Waals surface area contributed by atoms with Crippen molar-refractivity contribution in [1.82, 2.24) is 5.01 Å². The summed E-state index contributed by atoms with van der Waals surface area (Å²) in [5.41, 5.74) is 7.35. The van der Waals surface area contributed by atoms with Gasteiger partial charge in [0.05, 0.1) is 11.9 Å². The molecule has 0 bridgehead atoms. The topological polar surface area (TPSA) is 54.0 Å². The van der Waals surface area contributed by atoms with Crippen molar-refractivity contribution in [2.45, 2.75) is 6.92 Å². The van der Waals surface area contributed by atoms with Crippen molar-refractivity contribution in [3.8, 4) is 0 Å². The Bertz CT molecular complexity index is 285. The summed E-state index contributed by atoms with van der Waals surface area (Å²) < 4.78 is 0. The number of allylic oxidation sites excluding steroid dienone is 2. The van der Waals surface area contributed by atoms with E-state index in [1.165, 1.54) is 5.01 Å². The molecule has 64 valence electrons. The normalized spacial score (nSPS) is 18.2. The first kappa shape index (κ1) is 8.52. The van der Waals surface area contributed by atoms with Crippen LogP contribution in [0.4, 0.5) is 0 Å². The molecule has 12 heavy (non-hydrogen) atoms. The second-order valence-corrected chi connectivity index (χ2v) is 2.52. The van der Waals surface area contributed by atoms with Gasteiger partial charge >= 0.3 is 0 Å². The number of rotatable bonds is 0. The summed E-state index contributed by atoms with van der Waals surface area (Å²) in [5, 5.41) is 5.54. The van der Waals surface area contributed by atoms with Crippen molar-refractivity contribution >= 4 is 12.2 Å². The van der Waals surface area contributed by atoms with Crippen LogP contribution in [0.25, 0.3) is 0 Å². The van der Waals surface area contributed by atoms with Gasteiger partial charge in [-0.15, -0.1) is 0 Å². The summed E-state index contributed by atoms with van der Waals surface area (Å²) in [6, 6.07) is 0. The third-order valence-corrected chi connectivity index (χ3v) is 1.49. The Labute approximate surface area is 71.8 Å². The minimum absolute atomic E-state index is 0.347. The Kier molecular flexibility index (Phi) is 2.28. The predicted octanol–water partition coefficient (Wildman–Crippen LogP) is 0.692. The fraction of sp³-hybridized carbons (Fsp3) is 0.250. The van der Waals surface area contributed by atoms with Gasteiger partial charge in [0.1, 0.15) is 0 Å². The minimum Gasteiger partial charge on any atom is -0.368 e. The molecule has 1 rings (SSSR count). The maximum Gasteiger partial charge on any atom is 0.216 e. The Morgan fingerprint density at radius 1 is 1.75 bits per heavy atom. The molecule has 1 aliphatic heterocycles. The van der Waals surface area contributed by atoms with Gasteiger partial charge in [-0.3, -0.25) is 4.99 Å². The maximum atomic E-state index is 5.56. The Morgan fingerprint density at radius 3 is 2.92 bits per heavy atom. The highest BCUT2D eigenvalue weighted by molar-refractivity contribution is 5.86. The summed E-state index contributed by atoms with van der Waals surface area (Å²) in [6.07, 6.45) is 3.61. The predicted molar refractivity (Wildman–Crippen MR) is 50.8 cm³/mol. The number of hydrogen-bond acceptors (Lipinski definition) is 2. The van der Waals surface area contributed by atoms with Gasteiger partial charge in [0.25, 0.3) is 0 Å². The summed E-state index contributed by atoms with van der Waals surface area (Å²) >= 11 is 0. The first-order chi connectivity index (χ1) is 5.65. The van der Waals surface area contributed by atoms with E-state index in [0.29, 0.717) is 5.96 Å². The molecule has 0 aliphatic carbocycles. The Morgan fingerprint density at radius 2 is 2.42 bits per heavy atom. The fourth-order valence-electron chi connectivity index (χ4n) is 0.885. The zero-order valence-corrected chi connectivity index (χ0v) is 7.28. The largest absolute Gasteiger partial charge is 0.368 e. The number of aliphatic imine (C=N–C) groups is 1. The van der Waals surface area contributed by atoms with Gasteiger partial charge < -0.3 is 5.73 Å². The highest BCUT2D eigenvalue weighted by atomic mass is 15.5. The van der Waals surface area contributed by atoms with E-state index >= 15 is 0 Å². The SMILES string of the molecule is C=C1C=C(C)C=NN1C(N)=NC. The van der Waals surface area contributed by atoms with E-state index < -0.39 is 0 Å². The number of hydrazone groups is 1. The monoisotopic (exact) mass is 164 g/mol. The molecule has 0 saturated heterocycles. The number of nitrogens with two attached hydrogens (primary N) is 1. The van der Waals surface area contributed by atoms with Gasteiger partial charge in [-0.05, 0) is 18.6 Å². The van der Waals surface area contributed by atoms with Crippen LogP contribution in [0.2, 0.25) is 0 Å². The number of nitrogens with zero attached hydrogens (tertiary/aromatic N) is 3. The molecule has 0 unspecified atom stereocenters. The van der Waals surface area contributed by atoms with E-state index in [2.05, 4.69) is 16.7 Å². The second-order valence-electron chi connectivity index (χ2n) is 2.52. The molecule has 0 aromatic heterocycles. The summed E-state index contributed by atoms with van der Waals surface area (Å²) in [6.45, 7) is 5.74. The molecule has 0 radical (unpaired) electrons. The minimum atomic E-state index is 0.347. The molecule has 0 atom stereocenters. The quantitative estimate of drug-likeness (QED) is 0.423. The van der Waals surface area contributed by atoms with Crippen LogP contribution < -0.4 is 5.73 Å². The summed E-state index contributed by atoms with van der Waals surface area (Å²) in [5.74, 6) is 0.347. The van der Waals surface area contributed by atoms with Gasteiger partial charge in [0, 0.05) is 7.05 Å². The molecule has 0 aromatic rings. The third-order valence-electron chi connectivity index (χ3n) is 1.49. The van der Waals surface area contributed by atoms with Gasteiger partial charge in [-0.1, -0.05) is 6.58 Å². The van der Waals surface area contributed by atoms with Gasteiger partial charge in [-0.2, -0.15) is 5.10 Å². The summed E-state index contributed by atoms with van der Waals surface area (Å²) in [7, 11) is 1.61. The van der Waals surface area contributed by atoms with Gasteiger partial charge in [0.2, 0.25) is 5.96 Å². The van der Waals surface area contributed by atoms with E-state index in [4.69, 9.17) is 5.73 Å². The second kappa shape index (κ2) is 3.21. The fourth-order valence-corrected chi connectivity index (χ4v) is 0.885. The molecule has 1 aliphatic rings. The average molecular weight is 164 g/mol. The number of hydrogen-bond donors (Lipinski definition) is 1. The standard InChI is InChI=1S/C8H12N4/c1-6-4-7(2)12(11-5-6)8(9)10-3/h4-5H,2H2,1,3H3,(H2,9,10). The molecule has 0 amide bonds. The van der Waals surface area contributed by atoms with Crippen molar-refractivity contribution < 1.29 is 0 Å². The van der Waals surface area contributed by atoms with Crippen LogP contribution in [0, 0.1) is 0 Å².